The Kier molecular flexibility index (Phi) is 6.52. The van der Waals surface area contributed by atoms with Crippen molar-refractivity contribution in [1.29, 1.82) is 0 Å². The van der Waals surface area contributed by atoms with E-state index in [9.17, 15) is 19.8 Å². The van der Waals surface area contributed by atoms with Crippen LogP contribution in [0.4, 0.5) is 4.79 Å². The molecule has 1 aromatic carbocycles. The summed E-state index contributed by atoms with van der Waals surface area (Å²) >= 11 is 0. The maximum atomic E-state index is 11.8. The van der Waals surface area contributed by atoms with Gasteiger partial charge in [-0.2, -0.15) is 0 Å². The Morgan fingerprint density at radius 2 is 1.67 bits per heavy atom. The maximum Gasteiger partial charge on any atom is 0.326 e. The summed E-state index contributed by atoms with van der Waals surface area (Å²) < 4.78 is 0. The molecule has 0 aliphatic rings. The van der Waals surface area contributed by atoms with Crippen molar-refractivity contribution in [3.05, 3.63) is 29.8 Å². The third-order valence-corrected chi connectivity index (χ3v) is 3.30. The monoisotopic (exact) mass is 294 g/mol. The van der Waals surface area contributed by atoms with E-state index in [1.54, 1.807) is 12.1 Å². The minimum atomic E-state index is -1.09. The van der Waals surface area contributed by atoms with Crippen LogP contribution in [0, 0.1) is 0 Å². The van der Waals surface area contributed by atoms with E-state index in [0.29, 0.717) is 0 Å². The summed E-state index contributed by atoms with van der Waals surface area (Å²) in [4.78, 5) is 23.0. The SMILES string of the molecule is CCC(CC)NC(=O)NC(Cc1ccc(O)cc1)C(=O)O. The molecule has 1 rings (SSSR count). The average molecular weight is 294 g/mol. The lowest BCUT2D eigenvalue weighted by molar-refractivity contribution is -0.139. The Morgan fingerprint density at radius 1 is 1.10 bits per heavy atom. The summed E-state index contributed by atoms with van der Waals surface area (Å²) in [5, 5.41) is 23.6. The number of hydrogen-bond donors (Lipinski definition) is 4. The molecule has 0 aliphatic carbocycles. The van der Waals surface area contributed by atoms with Crippen molar-refractivity contribution in [2.24, 2.45) is 0 Å². The molecule has 0 aliphatic heterocycles. The van der Waals surface area contributed by atoms with Gasteiger partial charge in [0.15, 0.2) is 0 Å². The van der Waals surface area contributed by atoms with Gasteiger partial charge in [-0.15, -0.1) is 0 Å². The third kappa shape index (κ3) is 5.72. The molecular weight excluding hydrogens is 272 g/mol. The van der Waals surface area contributed by atoms with Gasteiger partial charge in [0.25, 0.3) is 0 Å². The van der Waals surface area contributed by atoms with Crippen molar-refractivity contribution in [3.8, 4) is 5.75 Å². The van der Waals surface area contributed by atoms with Gasteiger partial charge in [0.2, 0.25) is 0 Å². The van der Waals surface area contributed by atoms with Crippen molar-refractivity contribution in [3.63, 3.8) is 0 Å². The lowest BCUT2D eigenvalue weighted by Gasteiger charge is -2.19. The number of carboxylic acid groups (broad SMARTS) is 1. The van der Waals surface area contributed by atoms with Crippen molar-refractivity contribution in [1.82, 2.24) is 10.6 Å². The molecule has 21 heavy (non-hydrogen) atoms. The minimum absolute atomic E-state index is 0.0353. The molecular formula is C15H22N2O4. The fourth-order valence-corrected chi connectivity index (χ4v) is 1.95. The van der Waals surface area contributed by atoms with E-state index in [1.165, 1.54) is 12.1 Å². The highest BCUT2D eigenvalue weighted by Gasteiger charge is 2.21. The van der Waals surface area contributed by atoms with Crippen LogP contribution >= 0.6 is 0 Å². The Hall–Kier alpha value is -2.24. The molecule has 0 spiro atoms. The van der Waals surface area contributed by atoms with Gasteiger partial charge < -0.3 is 20.8 Å². The van der Waals surface area contributed by atoms with E-state index >= 15 is 0 Å². The molecule has 0 fully saturated rings. The largest absolute Gasteiger partial charge is 0.508 e. The van der Waals surface area contributed by atoms with Gasteiger partial charge in [-0.05, 0) is 30.5 Å². The maximum absolute atomic E-state index is 11.8. The molecule has 0 radical (unpaired) electrons. The molecule has 0 saturated carbocycles. The van der Waals surface area contributed by atoms with Crippen molar-refractivity contribution in [2.75, 3.05) is 0 Å². The van der Waals surface area contributed by atoms with Crippen LogP contribution in [-0.4, -0.2) is 34.3 Å². The minimum Gasteiger partial charge on any atom is -0.508 e. The molecule has 0 heterocycles. The van der Waals surface area contributed by atoms with E-state index in [-0.39, 0.29) is 18.2 Å². The van der Waals surface area contributed by atoms with E-state index in [0.717, 1.165) is 18.4 Å². The molecule has 1 unspecified atom stereocenters. The molecule has 1 atom stereocenters. The first kappa shape index (κ1) is 16.8. The Labute approximate surface area is 124 Å². The second-order valence-electron chi connectivity index (χ2n) is 4.89. The van der Waals surface area contributed by atoms with Crippen molar-refractivity contribution >= 4 is 12.0 Å². The van der Waals surface area contributed by atoms with Gasteiger partial charge >= 0.3 is 12.0 Å². The van der Waals surface area contributed by atoms with E-state index in [2.05, 4.69) is 10.6 Å². The number of carbonyl (C=O) groups excluding carboxylic acids is 1. The standard InChI is InChI=1S/C15H22N2O4/c1-3-11(4-2)16-15(21)17-13(14(19)20)9-10-5-7-12(18)8-6-10/h5-8,11,13,18H,3-4,9H2,1-2H3,(H,19,20)(H2,16,17,21). The van der Waals surface area contributed by atoms with Gasteiger partial charge in [-0.1, -0.05) is 26.0 Å². The topological polar surface area (TPSA) is 98.7 Å². The second kappa shape index (κ2) is 8.14. The predicted molar refractivity (Wildman–Crippen MR) is 79.3 cm³/mol. The Balaban J connectivity index is 2.63. The van der Waals surface area contributed by atoms with Gasteiger partial charge in [-0.25, -0.2) is 9.59 Å². The summed E-state index contributed by atoms with van der Waals surface area (Å²) in [6.07, 6.45) is 1.74. The number of phenolic OH excluding ortho intramolecular Hbond substituents is 1. The van der Waals surface area contributed by atoms with Crippen LogP contribution in [0.2, 0.25) is 0 Å². The van der Waals surface area contributed by atoms with Crippen LogP contribution in [0.25, 0.3) is 0 Å². The average Bonchev–Trinajstić information content (AvgIpc) is 2.46. The zero-order valence-electron chi connectivity index (χ0n) is 12.3. The third-order valence-electron chi connectivity index (χ3n) is 3.30. The molecule has 6 nitrogen and oxygen atoms in total. The zero-order chi connectivity index (χ0) is 15.8. The second-order valence-corrected chi connectivity index (χ2v) is 4.89. The number of carbonyl (C=O) groups is 2. The van der Waals surface area contributed by atoms with Crippen LogP contribution in [0.1, 0.15) is 32.3 Å². The first-order valence-electron chi connectivity index (χ1n) is 7.04. The van der Waals surface area contributed by atoms with E-state index in [1.807, 2.05) is 13.8 Å². The molecule has 116 valence electrons. The summed E-state index contributed by atoms with van der Waals surface area (Å²) in [6, 6.07) is 4.78. The number of rotatable bonds is 7. The molecule has 4 N–H and O–H groups in total. The molecule has 0 bridgehead atoms. The van der Waals surface area contributed by atoms with Crippen LogP contribution in [-0.2, 0) is 11.2 Å². The summed E-state index contributed by atoms with van der Waals surface area (Å²) in [5.74, 6) is -0.979. The highest BCUT2D eigenvalue weighted by atomic mass is 16.4. The first-order valence-corrected chi connectivity index (χ1v) is 7.04. The number of amides is 2. The Morgan fingerprint density at radius 3 is 2.14 bits per heavy atom. The number of aliphatic carboxylic acids is 1. The number of urea groups is 1. The number of hydrogen-bond acceptors (Lipinski definition) is 3. The van der Waals surface area contributed by atoms with Crippen molar-refractivity contribution < 1.29 is 19.8 Å². The van der Waals surface area contributed by atoms with Crippen LogP contribution in [0.5, 0.6) is 5.75 Å². The number of nitrogens with one attached hydrogen (secondary N) is 2. The Bertz CT molecular complexity index is 469. The lowest BCUT2D eigenvalue weighted by atomic mass is 10.1. The number of aromatic hydroxyl groups is 1. The van der Waals surface area contributed by atoms with Crippen LogP contribution < -0.4 is 10.6 Å². The van der Waals surface area contributed by atoms with Gasteiger partial charge in [0.05, 0.1) is 0 Å². The molecule has 2 amide bonds. The van der Waals surface area contributed by atoms with Gasteiger partial charge in [0, 0.05) is 12.5 Å². The lowest BCUT2D eigenvalue weighted by Crippen LogP contribution is -2.49. The van der Waals surface area contributed by atoms with Gasteiger partial charge in [-0.3, -0.25) is 0 Å². The smallest absolute Gasteiger partial charge is 0.326 e. The summed E-state index contributed by atoms with van der Waals surface area (Å²) in [6.45, 7) is 3.92. The van der Waals surface area contributed by atoms with E-state index < -0.39 is 18.0 Å². The number of phenols is 1. The van der Waals surface area contributed by atoms with Crippen LogP contribution in [0.3, 0.4) is 0 Å². The number of benzene rings is 1. The first-order chi connectivity index (χ1) is 9.96. The highest BCUT2D eigenvalue weighted by molar-refractivity contribution is 5.82. The molecule has 6 heteroatoms. The summed E-state index contributed by atoms with van der Waals surface area (Å²) in [7, 11) is 0. The molecule has 0 saturated heterocycles. The highest BCUT2D eigenvalue weighted by Crippen LogP contribution is 2.11. The summed E-state index contributed by atoms with van der Waals surface area (Å²) in [5.41, 5.74) is 0.725. The fourth-order valence-electron chi connectivity index (χ4n) is 1.95. The van der Waals surface area contributed by atoms with Crippen molar-refractivity contribution in [2.45, 2.75) is 45.2 Å². The fraction of sp³-hybridized carbons (Fsp3) is 0.467. The normalized spacial score (nSPS) is 12.0. The molecule has 0 aromatic heterocycles. The predicted octanol–water partition coefficient (Wildman–Crippen LogP) is 1.88. The quantitative estimate of drug-likeness (QED) is 0.617. The zero-order valence-corrected chi connectivity index (χ0v) is 12.3. The number of carboxylic acids is 1. The molecule has 1 aromatic rings. The van der Waals surface area contributed by atoms with Crippen LogP contribution in [0.15, 0.2) is 24.3 Å². The van der Waals surface area contributed by atoms with Gasteiger partial charge in [0.1, 0.15) is 11.8 Å². The van der Waals surface area contributed by atoms with E-state index in [4.69, 9.17) is 0 Å².